The molecule has 9 heteroatoms. The van der Waals surface area contributed by atoms with Gasteiger partial charge in [-0.25, -0.2) is 9.37 Å². The highest BCUT2D eigenvalue weighted by Crippen LogP contribution is 2.19. The van der Waals surface area contributed by atoms with Crippen molar-refractivity contribution >= 4 is 17.5 Å². The molecule has 0 fully saturated rings. The fourth-order valence-electron chi connectivity index (χ4n) is 2.00. The minimum Gasteiger partial charge on any atom is -0.378 e. The lowest BCUT2D eigenvalue weighted by atomic mass is 10.1. The van der Waals surface area contributed by atoms with E-state index in [1.807, 2.05) is 19.0 Å². The van der Waals surface area contributed by atoms with E-state index in [-0.39, 0.29) is 23.3 Å². The number of rotatable bonds is 6. The van der Waals surface area contributed by atoms with Gasteiger partial charge < -0.3 is 16.0 Å². The summed E-state index contributed by atoms with van der Waals surface area (Å²) in [5, 5.41) is 13.6. The van der Waals surface area contributed by atoms with E-state index >= 15 is 0 Å². The Kier molecular flexibility index (Phi) is 5.02. The van der Waals surface area contributed by atoms with Gasteiger partial charge in [0, 0.05) is 18.7 Å². The van der Waals surface area contributed by atoms with Gasteiger partial charge >= 0.3 is 5.69 Å². The van der Waals surface area contributed by atoms with Crippen LogP contribution in [0.5, 0.6) is 0 Å². The van der Waals surface area contributed by atoms with Crippen LogP contribution in [0.15, 0.2) is 24.4 Å². The largest absolute Gasteiger partial charge is 0.378 e. The van der Waals surface area contributed by atoms with Crippen molar-refractivity contribution in [1.29, 1.82) is 0 Å². The molecule has 2 rings (SSSR count). The Morgan fingerprint density at radius 2 is 2.17 bits per heavy atom. The molecule has 0 aliphatic carbocycles. The monoisotopic (exact) mass is 320 g/mol. The molecule has 0 aliphatic heterocycles. The van der Waals surface area contributed by atoms with Crippen LogP contribution in [0, 0.1) is 15.9 Å². The number of nitrogen functional groups attached to an aromatic ring is 1. The molecule has 0 aliphatic rings. The molecule has 0 amide bonds. The number of nitro groups is 1. The molecule has 1 aromatic carbocycles. The summed E-state index contributed by atoms with van der Waals surface area (Å²) in [5.41, 5.74) is 6.58. The molecule has 0 atom stereocenters. The van der Waals surface area contributed by atoms with Crippen LogP contribution in [0.1, 0.15) is 11.1 Å². The summed E-state index contributed by atoms with van der Waals surface area (Å²) >= 11 is 0. The van der Waals surface area contributed by atoms with E-state index in [1.54, 1.807) is 12.1 Å². The predicted octanol–water partition coefficient (Wildman–Crippen LogP) is 1.78. The van der Waals surface area contributed by atoms with Gasteiger partial charge in [-0.15, -0.1) is 0 Å². The van der Waals surface area contributed by atoms with Crippen LogP contribution in [0.3, 0.4) is 0 Å². The highest BCUT2D eigenvalue weighted by molar-refractivity contribution is 5.53. The van der Waals surface area contributed by atoms with Crippen LogP contribution in [-0.2, 0) is 13.1 Å². The standard InChI is InChI=1S/C14H17FN6O2/c1-20(2)8-10-5-9(3-4-11(10)15)6-17-14-18-7-12(21(22)23)13(16)19-14/h3-5,7H,6,8H2,1-2H3,(H3,16,17,18,19). The second-order valence-corrected chi connectivity index (χ2v) is 5.24. The number of nitrogens with two attached hydrogens (primary N) is 1. The topological polar surface area (TPSA) is 110 Å². The van der Waals surface area contributed by atoms with Crippen molar-refractivity contribution < 1.29 is 9.31 Å². The minimum atomic E-state index is -0.646. The molecular weight excluding hydrogens is 303 g/mol. The summed E-state index contributed by atoms with van der Waals surface area (Å²) in [6.45, 7) is 0.832. The molecule has 0 spiro atoms. The lowest BCUT2D eigenvalue weighted by Gasteiger charge is -2.12. The maximum Gasteiger partial charge on any atom is 0.329 e. The Morgan fingerprint density at radius 1 is 1.43 bits per heavy atom. The number of hydrogen-bond acceptors (Lipinski definition) is 7. The first-order valence-electron chi connectivity index (χ1n) is 6.79. The van der Waals surface area contributed by atoms with Gasteiger partial charge in [0.05, 0.1) is 4.92 Å². The van der Waals surface area contributed by atoms with Crippen LogP contribution in [0.2, 0.25) is 0 Å². The van der Waals surface area contributed by atoms with Gasteiger partial charge in [-0.2, -0.15) is 4.98 Å². The molecule has 0 bridgehead atoms. The zero-order valence-corrected chi connectivity index (χ0v) is 12.8. The molecule has 3 N–H and O–H groups in total. The third-order valence-corrected chi connectivity index (χ3v) is 3.04. The number of halogens is 1. The molecule has 0 saturated heterocycles. The summed E-state index contributed by atoms with van der Waals surface area (Å²) in [6.07, 6.45) is 1.05. The number of anilines is 2. The lowest BCUT2D eigenvalue weighted by molar-refractivity contribution is -0.384. The SMILES string of the molecule is CN(C)Cc1cc(CNc2ncc([N+](=O)[O-])c(N)n2)ccc1F. The van der Waals surface area contributed by atoms with Gasteiger partial charge in [-0.3, -0.25) is 10.1 Å². The van der Waals surface area contributed by atoms with Gasteiger partial charge in [-0.1, -0.05) is 6.07 Å². The van der Waals surface area contributed by atoms with Crippen molar-refractivity contribution in [1.82, 2.24) is 14.9 Å². The predicted molar refractivity (Wildman–Crippen MR) is 84.2 cm³/mol. The molecule has 122 valence electrons. The molecule has 0 radical (unpaired) electrons. The zero-order chi connectivity index (χ0) is 17.0. The number of benzene rings is 1. The lowest BCUT2D eigenvalue weighted by Crippen LogP contribution is -2.13. The molecule has 0 unspecified atom stereocenters. The summed E-state index contributed by atoms with van der Waals surface area (Å²) in [5.74, 6) is -0.301. The average molecular weight is 320 g/mol. The Morgan fingerprint density at radius 3 is 2.78 bits per heavy atom. The van der Waals surface area contributed by atoms with Crippen molar-refractivity contribution in [2.24, 2.45) is 0 Å². The Labute approximate surface area is 132 Å². The zero-order valence-electron chi connectivity index (χ0n) is 12.8. The van der Waals surface area contributed by atoms with E-state index in [1.165, 1.54) is 6.07 Å². The molecular formula is C14H17FN6O2. The maximum absolute atomic E-state index is 13.7. The molecule has 1 aromatic heterocycles. The fourth-order valence-corrected chi connectivity index (χ4v) is 2.00. The van der Waals surface area contributed by atoms with Crippen LogP contribution in [0.4, 0.5) is 21.8 Å². The van der Waals surface area contributed by atoms with Gasteiger partial charge in [0.2, 0.25) is 11.8 Å². The quantitative estimate of drug-likeness (QED) is 0.616. The van der Waals surface area contributed by atoms with E-state index in [9.17, 15) is 14.5 Å². The number of nitrogens with one attached hydrogen (secondary N) is 1. The fraction of sp³-hybridized carbons (Fsp3) is 0.286. The first-order chi connectivity index (χ1) is 10.9. The number of hydrogen-bond donors (Lipinski definition) is 2. The molecule has 8 nitrogen and oxygen atoms in total. The molecule has 0 saturated carbocycles. The summed E-state index contributed by atoms with van der Waals surface area (Å²) in [6, 6.07) is 4.80. The third-order valence-electron chi connectivity index (χ3n) is 3.04. The van der Waals surface area contributed by atoms with Crippen LogP contribution >= 0.6 is 0 Å². The summed E-state index contributed by atoms with van der Waals surface area (Å²) in [7, 11) is 3.72. The van der Waals surface area contributed by atoms with Gasteiger partial charge in [-0.05, 0) is 31.8 Å². The second kappa shape index (κ2) is 6.97. The Balaban J connectivity index is 2.09. The van der Waals surface area contributed by atoms with E-state index in [0.717, 1.165) is 11.8 Å². The molecule has 23 heavy (non-hydrogen) atoms. The van der Waals surface area contributed by atoms with Crippen molar-refractivity contribution in [2.45, 2.75) is 13.1 Å². The number of nitrogens with zero attached hydrogens (tertiary/aromatic N) is 4. The smallest absolute Gasteiger partial charge is 0.329 e. The summed E-state index contributed by atoms with van der Waals surface area (Å²) in [4.78, 5) is 19.5. The maximum atomic E-state index is 13.7. The van der Waals surface area contributed by atoms with Crippen LogP contribution < -0.4 is 11.1 Å². The van der Waals surface area contributed by atoms with Crippen LogP contribution in [0.25, 0.3) is 0 Å². The number of aromatic nitrogens is 2. The van der Waals surface area contributed by atoms with Crippen molar-refractivity contribution in [2.75, 3.05) is 25.1 Å². The Bertz CT molecular complexity index is 722. The van der Waals surface area contributed by atoms with Crippen LogP contribution in [-0.4, -0.2) is 33.9 Å². The third kappa shape index (κ3) is 4.33. The molecule has 1 heterocycles. The van der Waals surface area contributed by atoms with E-state index in [2.05, 4.69) is 15.3 Å². The first kappa shape index (κ1) is 16.6. The van der Waals surface area contributed by atoms with E-state index < -0.39 is 4.92 Å². The highest BCUT2D eigenvalue weighted by Gasteiger charge is 2.14. The van der Waals surface area contributed by atoms with Gasteiger partial charge in [0.25, 0.3) is 0 Å². The van der Waals surface area contributed by atoms with Gasteiger partial charge in [0.15, 0.2) is 0 Å². The minimum absolute atomic E-state index is 0.173. The van der Waals surface area contributed by atoms with Crippen molar-refractivity contribution in [3.8, 4) is 0 Å². The Hall–Kier alpha value is -2.81. The van der Waals surface area contributed by atoms with Crippen molar-refractivity contribution in [3.05, 3.63) is 51.5 Å². The molecule has 2 aromatic rings. The van der Waals surface area contributed by atoms with E-state index in [4.69, 9.17) is 5.73 Å². The van der Waals surface area contributed by atoms with Crippen molar-refractivity contribution in [3.63, 3.8) is 0 Å². The van der Waals surface area contributed by atoms with E-state index in [0.29, 0.717) is 18.7 Å². The normalized spacial score (nSPS) is 10.8. The second-order valence-electron chi connectivity index (χ2n) is 5.24. The average Bonchev–Trinajstić information content (AvgIpc) is 2.47. The first-order valence-corrected chi connectivity index (χ1v) is 6.79. The highest BCUT2D eigenvalue weighted by atomic mass is 19.1. The van der Waals surface area contributed by atoms with Gasteiger partial charge in [0.1, 0.15) is 12.0 Å². The summed E-state index contributed by atoms with van der Waals surface area (Å²) < 4.78 is 13.7.